The van der Waals surface area contributed by atoms with Gasteiger partial charge >= 0.3 is 0 Å². The minimum absolute atomic E-state index is 0.00774. The van der Waals surface area contributed by atoms with Crippen molar-refractivity contribution in [2.24, 2.45) is 16.6 Å². The molecule has 4 rings (SSSR count). The molecule has 1 saturated carbocycles. The fraction of sp³-hybridized carbons (Fsp3) is 0.364. The number of pyridine rings is 1. The number of nitrogens with two attached hydrogens (primary N) is 1. The second-order valence-corrected chi connectivity index (χ2v) is 8.34. The molecular formula is C22H19ClF2N4O2. The molecule has 4 atom stereocenters. The van der Waals surface area contributed by atoms with Crippen LogP contribution in [0.15, 0.2) is 29.4 Å². The molecule has 31 heavy (non-hydrogen) atoms. The molecule has 2 aliphatic rings. The zero-order valence-electron chi connectivity index (χ0n) is 16.8. The predicted molar refractivity (Wildman–Crippen MR) is 110 cm³/mol. The standard InChI is InChI=1S/C22H19ClF2N4O2/c1-10-3-12(6-17(30)20-16(23)5-13(8-26)9-28-20)4-15(19(10)25)22(11(2)24)14-7-18(14)31-21(27)29-22/h3-5,9,11,14,18H,6-7H2,1-2H3,(H2,27,29)/t11?,14-,18+,22-/m0/s1. The third-order valence-electron chi connectivity index (χ3n) is 5.82. The molecule has 2 aromatic rings. The number of nitriles is 1. The lowest BCUT2D eigenvalue weighted by Crippen LogP contribution is -2.44. The van der Waals surface area contributed by atoms with Crippen LogP contribution in [0.25, 0.3) is 0 Å². The van der Waals surface area contributed by atoms with Gasteiger partial charge in [0.2, 0.25) is 0 Å². The Balaban J connectivity index is 1.75. The molecule has 9 heteroatoms. The van der Waals surface area contributed by atoms with Crippen molar-refractivity contribution >= 4 is 23.4 Å². The van der Waals surface area contributed by atoms with Crippen LogP contribution in [-0.2, 0) is 16.7 Å². The van der Waals surface area contributed by atoms with Crippen molar-refractivity contribution in [3.8, 4) is 6.07 Å². The molecular weight excluding hydrogens is 426 g/mol. The Labute approximate surface area is 182 Å². The van der Waals surface area contributed by atoms with Crippen molar-refractivity contribution in [1.29, 1.82) is 5.26 Å². The van der Waals surface area contributed by atoms with Gasteiger partial charge in [0, 0.05) is 24.1 Å². The highest BCUT2D eigenvalue weighted by atomic mass is 35.5. The molecule has 2 N–H and O–H groups in total. The van der Waals surface area contributed by atoms with Crippen LogP contribution in [-0.4, -0.2) is 29.1 Å². The highest BCUT2D eigenvalue weighted by Gasteiger charge is 2.62. The van der Waals surface area contributed by atoms with Gasteiger partial charge in [-0.05, 0) is 43.5 Å². The number of ketones is 1. The van der Waals surface area contributed by atoms with E-state index in [-0.39, 0.29) is 51.9 Å². The average molecular weight is 445 g/mol. The van der Waals surface area contributed by atoms with Crippen molar-refractivity contribution in [1.82, 2.24) is 4.98 Å². The normalized spacial score (nSPS) is 25.0. The van der Waals surface area contributed by atoms with Gasteiger partial charge in [-0.3, -0.25) is 9.78 Å². The Kier molecular flexibility index (Phi) is 5.18. The lowest BCUT2D eigenvalue weighted by Gasteiger charge is -2.35. The minimum Gasteiger partial charge on any atom is -0.462 e. The lowest BCUT2D eigenvalue weighted by atomic mass is 9.79. The van der Waals surface area contributed by atoms with Crippen LogP contribution in [0.3, 0.4) is 0 Å². The molecule has 0 saturated heterocycles. The predicted octanol–water partition coefficient (Wildman–Crippen LogP) is 3.77. The summed E-state index contributed by atoms with van der Waals surface area (Å²) in [7, 11) is 0. The molecule has 2 heterocycles. The lowest BCUT2D eigenvalue weighted by molar-refractivity contribution is 0.0988. The van der Waals surface area contributed by atoms with Crippen LogP contribution in [0.4, 0.5) is 8.78 Å². The zero-order chi connectivity index (χ0) is 22.5. The number of Topliss-reactive ketones (excluding diaryl/α,β-unsaturated/α-hetero) is 1. The highest BCUT2D eigenvalue weighted by Crippen LogP contribution is 2.56. The maximum Gasteiger partial charge on any atom is 0.283 e. The van der Waals surface area contributed by atoms with Crippen molar-refractivity contribution in [3.05, 3.63) is 63.2 Å². The van der Waals surface area contributed by atoms with E-state index in [0.717, 1.165) is 0 Å². The molecule has 1 aliphatic carbocycles. The van der Waals surface area contributed by atoms with Gasteiger partial charge < -0.3 is 10.5 Å². The summed E-state index contributed by atoms with van der Waals surface area (Å²) in [6, 6.07) is 6.08. The number of halogens is 3. The van der Waals surface area contributed by atoms with E-state index >= 15 is 4.39 Å². The molecule has 1 fully saturated rings. The number of aryl methyl sites for hydroxylation is 1. The number of ether oxygens (including phenoxy) is 1. The van der Waals surface area contributed by atoms with Crippen molar-refractivity contribution in [3.63, 3.8) is 0 Å². The molecule has 0 amide bonds. The van der Waals surface area contributed by atoms with Gasteiger partial charge in [-0.25, -0.2) is 13.8 Å². The molecule has 0 radical (unpaired) electrons. The van der Waals surface area contributed by atoms with E-state index in [1.54, 1.807) is 6.92 Å². The van der Waals surface area contributed by atoms with Crippen molar-refractivity contribution < 1.29 is 18.3 Å². The first-order chi connectivity index (χ1) is 14.7. The largest absolute Gasteiger partial charge is 0.462 e. The summed E-state index contributed by atoms with van der Waals surface area (Å²) in [5, 5.41) is 8.98. The van der Waals surface area contributed by atoms with Crippen LogP contribution in [0.1, 0.15) is 46.1 Å². The van der Waals surface area contributed by atoms with Crippen LogP contribution >= 0.6 is 11.6 Å². The van der Waals surface area contributed by atoms with E-state index in [1.165, 1.54) is 31.3 Å². The zero-order valence-corrected chi connectivity index (χ0v) is 17.6. The highest BCUT2D eigenvalue weighted by molar-refractivity contribution is 6.33. The Morgan fingerprint density at radius 1 is 1.48 bits per heavy atom. The van der Waals surface area contributed by atoms with E-state index in [0.29, 0.717) is 12.0 Å². The third-order valence-corrected chi connectivity index (χ3v) is 6.10. The minimum atomic E-state index is -1.53. The molecule has 1 unspecified atom stereocenters. The van der Waals surface area contributed by atoms with Crippen LogP contribution in [0.5, 0.6) is 0 Å². The Hall–Kier alpha value is -3.05. The summed E-state index contributed by atoms with van der Waals surface area (Å²) >= 11 is 6.09. The van der Waals surface area contributed by atoms with E-state index in [4.69, 9.17) is 27.3 Å². The number of hydrogen-bond donors (Lipinski definition) is 1. The van der Waals surface area contributed by atoms with Crippen molar-refractivity contribution in [2.45, 2.75) is 44.5 Å². The van der Waals surface area contributed by atoms with Gasteiger partial charge in [0.1, 0.15) is 35.4 Å². The maximum absolute atomic E-state index is 15.2. The molecule has 0 bridgehead atoms. The summed E-state index contributed by atoms with van der Waals surface area (Å²) in [4.78, 5) is 21.0. The first-order valence-electron chi connectivity index (χ1n) is 9.71. The van der Waals surface area contributed by atoms with Gasteiger partial charge in [-0.15, -0.1) is 0 Å². The Morgan fingerprint density at radius 3 is 2.87 bits per heavy atom. The molecule has 1 aromatic heterocycles. The van der Waals surface area contributed by atoms with E-state index in [9.17, 15) is 9.18 Å². The monoisotopic (exact) mass is 444 g/mol. The number of benzene rings is 1. The van der Waals surface area contributed by atoms with Crippen LogP contribution < -0.4 is 5.73 Å². The fourth-order valence-corrected chi connectivity index (χ4v) is 4.55. The second kappa shape index (κ2) is 7.57. The summed E-state index contributed by atoms with van der Waals surface area (Å²) < 4.78 is 35.6. The van der Waals surface area contributed by atoms with Crippen LogP contribution in [0, 0.1) is 30.0 Å². The Morgan fingerprint density at radius 2 is 2.23 bits per heavy atom. The SMILES string of the molecule is Cc1cc(CC(=O)c2ncc(C#N)cc2Cl)cc([C@@]2(C(C)F)N=C(N)O[C@@H]3C[C@@H]32)c1F. The van der Waals surface area contributed by atoms with E-state index < -0.39 is 23.3 Å². The first kappa shape index (κ1) is 21.2. The number of hydrogen-bond acceptors (Lipinski definition) is 6. The summed E-state index contributed by atoms with van der Waals surface area (Å²) in [6.07, 6.45) is -0.188. The fourth-order valence-electron chi connectivity index (χ4n) is 4.28. The smallest absolute Gasteiger partial charge is 0.283 e. The average Bonchev–Trinajstić information content (AvgIpc) is 3.49. The molecule has 1 aliphatic heterocycles. The summed E-state index contributed by atoms with van der Waals surface area (Å²) in [5.74, 6) is -1.33. The first-order valence-corrected chi connectivity index (χ1v) is 10.1. The number of carbonyl (C=O) groups excluding carboxylic acids is 1. The van der Waals surface area contributed by atoms with Gasteiger partial charge in [-0.1, -0.05) is 17.7 Å². The second-order valence-electron chi connectivity index (χ2n) is 7.93. The number of aromatic nitrogens is 1. The third kappa shape index (κ3) is 3.53. The number of amidine groups is 1. The topological polar surface area (TPSA) is 101 Å². The number of carbonyl (C=O) groups is 1. The summed E-state index contributed by atoms with van der Waals surface area (Å²) in [5.41, 5.74) is 5.28. The molecule has 0 spiro atoms. The number of alkyl halides is 1. The quantitative estimate of drug-likeness (QED) is 0.707. The van der Waals surface area contributed by atoms with Gasteiger partial charge in [0.15, 0.2) is 5.78 Å². The number of fused-ring (bicyclic) bond motifs is 1. The number of nitrogens with zero attached hydrogens (tertiary/aromatic N) is 3. The molecule has 1 aromatic carbocycles. The van der Waals surface area contributed by atoms with Gasteiger partial charge in [-0.2, -0.15) is 5.26 Å². The molecule has 160 valence electrons. The Bertz CT molecular complexity index is 1160. The van der Waals surface area contributed by atoms with Gasteiger partial charge in [0.25, 0.3) is 6.02 Å². The van der Waals surface area contributed by atoms with E-state index in [2.05, 4.69) is 9.98 Å². The maximum atomic E-state index is 15.2. The van der Waals surface area contributed by atoms with Gasteiger partial charge in [0.05, 0.1) is 10.6 Å². The number of aliphatic imine (C=N–C) groups is 1. The summed E-state index contributed by atoms with van der Waals surface area (Å²) in [6.45, 7) is 2.87. The van der Waals surface area contributed by atoms with E-state index in [1.807, 2.05) is 6.07 Å². The van der Waals surface area contributed by atoms with Crippen LogP contribution in [0.2, 0.25) is 5.02 Å². The van der Waals surface area contributed by atoms with Crippen molar-refractivity contribution in [2.75, 3.05) is 0 Å². The molecule has 6 nitrogen and oxygen atoms in total. The number of rotatable bonds is 5.